The molecule has 1 amide bonds. The number of rotatable bonds is 6. The molecule has 0 fully saturated rings. The summed E-state index contributed by atoms with van der Waals surface area (Å²) in [5.74, 6) is 0.672. The Bertz CT molecular complexity index is 511. The van der Waals surface area contributed by atoms with Crippen molar-refractivity contribution in [2.75, 3.05) is 10.6 Å². The summed E-state index contributed by atoms with van der Waals surface area (Å²) in [5, 5.41) is 7.71. The second-order valence-corrected chi connectivity index (χ2v) is 4.73. The predicted molar refractivity (Wildman–Crippen MR) is 75.4 cm³/mol. The third-order valence-corrected chi connectivity index (χ3v) is 3.03. The van der Waals surface area contributed by atoms with Crippen molar-refractivity contribution in [3.8, 4) is 5.82 Å². The maximum atomic E-state index is 11.6. The van der Waals surface area contributed by atoms with Crippen LogP contribution in [0.5, 0.6) is 0 Å². The van der Waals surface area contributed by atoms with Gasteiger partial charge in [0.25, 0.3) is 0 Å². The van der Waals surface area contributed by atoms with Crippen molar-refractivity contribution in [3.63, 3.8) is 0 Å². The van der Waals surface area contributed by atoms with Gasteiger partial charge in [-0.1, -0.05) is 15.9 Å². The highest BCUT2D eigenvalue weighted by Crippen LogP contribution is 2.09. The molecule has 19 heavy (non-hydrogen) atoms. The molecule has 0 aliphatic carbocycles. The van der Waals surface area contributed by atoms with Crippen LogP contribution in [0.2, 0.25) is 0 Å². The minimum atomic E-state index is 0.0104. The zero-order valence-electron chi connectivity index (χ0n) is 10.3. The molecule has 0 aliphatic rings. The van der Waals surface area contributed by atoms with Crippen LogP contribution in [0.15, 0.2) is 31.0 Å². The van der Waals surface area contributed by atoms with Gasteiger partial charge in [-0.3, -0.25) is 4.79 Å². The molecule has 0 aromatic carbocycles. The van der Waals surface area contributed by atoms with Crippen LogP contribution in [-0.2, 0) is 4.79 Å². The van der Waals surface area contributed by atoms with Crippen molar-refractivity contribution in [3.05, 3.63) is 31.0 Å². The second-order valence-electron chi connectivity index (χ2n) is 3.94. The molecule has 0 atom stereocenters. The molecule has 0 unspecified atom stereocenters. The number of hydrogen-bond acceptors (Lipinski definition) is 4. The number of amides is 1. The van der Waals surface area contributed by atoms with E-state index in [1.54, 1.807) is 29.3 Å². The van der Waals surface area contributed by atoms with Crippen LogP contribution in [0.1, 0.15) is 19.3 Å². The molecule has 0 aliphatic heterocycles. The average molecular weight is 324 g/mol. The number of halogens is 1. The molecule has 6 nitrogen and oxygen atoms in total. The van der Waals surface area contributed by atoms with E-state index in [4.69, 9.17) is 0 Å². The fraction of sp³-hybridized carbons (Fsp3) is 0.333. The maximum Gasteiger partial charge on any atom is 0.224 e. The van der Waals surface area contributed by atoms with Crippen molar-refractivity contribution < 1.29 is 4.79 Å². The van der Waals surface area contributed by atoms with Crippen LogP contribution in [0.4, 0.5) is 5.69 Å². The van der Waals surface area contributed by atoms with Crippen molar-refractivity contribution in [1.82, 2.24) is 19.7 Å². The molecule has 1 N–H and O–H groups in total. The van der Waals surface area contributed by atoms with Crippen LogP contribution in [0, 0.1) is 0 Å². The van der Waals surface area contributed by atoms with E-state index in [1.807, 2.05) is 0 Å². The van der Waals surface area contributed by atoms with E-state index >= 15 is 0 Å². The topological polar surface area (TPSA) is 72.7 Å². The molecule has 2 aromatic rings. The lowest BCUT2D eigenvalue weighted by Gasteiger charge is -2.05. The van der Waals surface area contributed by atoms with Crippen LogP contribution in [0.25, 0.3) is 5.82 Å². The average Bonchev–Trinajstić information content (AvgIpc) is 2.94. The lowest BCUT2D eigenvalue weighted by molar-refractivity contribution is -0.116. The number of carbonyl (C=O) groups is 1. The first kappa shape index (κ1) is 13.7. The Hall–Kier alpha value is -1.76. The van der Waals surface area contributed by atoms with Gasteiger partial charge < -0.3 is 5.32 Å². The largest absolute Gasteiger partial charge is 0.325 e. The van der Waals surface area contributed by atoms with Gasteiger partial charge in [-0.2, -0.15) is 5.10 Å². The molecular weight excluding hydrogens is 310 g/mol. The molecule has 0 bridgehead atoms. The van der Waals surface area contributed by atoms with Gasteiger partial charge in [-0.05, 0) is 25.0 Å². The molecule has 0 saturated heterocycles. The number of hydrogen-bond donors (Lipinski definition) is 1. The molecule has 0 saturated carbocycles. The fourth-order valence-corrected chi connectivity index (χ4v) is 1.92. The Morgan fingerprint density at radius 2 is 2.26 bits per heavy atom. The van der Waals surface area contributed by atoms with Crippen molar-refractivity contribution >= 4 is 27.5 Å². The lowest BCUT2D eigenvalue weighted by atomic mass is 10.2. The van der Waals surface area contributed by atoms with E-state index in [9.17, 15) is 4.79 Å². The molecule has 2 rings (SSSR count). The van der Waals surface area contributed by atoms with Gasteiger partial charge in [0.2, 0.25) is 5.91 Å². The van der Waals surface area contributed by atoms with Gasteiger partial charge in [0.15, 0.2) is 5.82 Å². The summed E-state index contributed by atoms with van der Waals surface area (Å²) in [6, 6.07) is 3.58. The number of unbranched alkanes of at least 4 members (excludes halogenated alkanes) is 1. The van der Waals surface area contributed by atoms with Gasteiger partial charge in [-0.15, -0.1) is 0 Å². The third kappa shape index (κ3) is 4.13. The number of nitrogens with one attached hydrogen (secondary N) is 1. The summed E-state index contributed by atoms with van der Waals surface area (Å²) in [5.41, 5.74) is 0.688. The molecule has 2 heterocycles. The van der Waals surface area contributed by atoms with Gasteiger partial charge >= 0.3 is 0 Å². The van der Waals surface area contributed by atoms with Gasteiger partial charge in [0, 0.05) is 11.8 Å². The second kappa shape index (κ2) is 6.98. The monoisotopic (exact) mass is 323 g/mol. The SMILES string of the molecule is O=C(CCCCBr)Nc1ccc(-n2cncn2)nc1. The molecule has 0 spiro atoms. The van der Waals surface area contributed by atoms with E-state index in [1.165, 1.54) is 6.33 Å². The molecular formula is C12H14BrN5O. The summed E-state index contributed by atoms with van der Waals surface area (Å²) in [6.07, 6.45) is 7.02. The Balaban J connectivity index is 1.90. The number of nitrogens with zero attached hydrogens (tertiary/aromatic N) is 4. The van der Waals surface area contributed by atoms with Crippen LogP contribution in [0.3, 0.4) is 0 Å². The smallest absolute Gasteiger partial charge is 0.224 e. The van der Waals surface area contributed by atoms with E-state index in [0.717, 1.165) is 18.2 Å². The highest BCUT2D eigenvalue weighted by Gasteiger charge is 2.03. The summed E-state index contributed by atoms with van der Waals surface area (Å²) in [7, 11) is 0. The van der Waals surface area contributed by atoms with E-state index in [2.05, 4.69) is 36.3 Å². The van der Waals surface area contributed by atoms with E-state index in [-0.39, 0.29) is 5.91 Å². The number of carbonyl (C=O) groups excluding carboxylic acids is 1. The summed E-state index contributed by atoms with van der Waals surface area (Å²) in [4.78, 5) is 19.7. The summed E-state index contributed by atoms with van der Waals surface area (Å²) in [6.45, 7) is 0. The molecule has 0 radical (unpaired) electrons. The number of alkyl halides is 1. The lowest BCUT2D eigenvalue weighted by Crippen LogP contribution is -2.11. The standard InChI is InChI=1S/C12H14BrN5O/c13-6-2-1-3-12(19)17-10-4-5-11(15-7-10)18-9-14-8-16-18/h4-5,7-9H,1-3,6H2,(H,17,19). The minimum Gasteiger partial charge on any atom is -0.325 e. The number of pyridine rings is 1. The van der Waals surface area contributed by atoms with E-state index in [0.29, 0.717) is 17.9 Å². The van der Waals surface area contributed by atoms with Crippen molar-refractivity contribution in [2.45, 2.75) is 19.3 Å². The fourth-order valence-electron chi connectivity index (χ4n) is 1.53. The van der Waals surface area contributed by atoms with Crippen LogP contribution in [-0.4, -0.2) is 31.0 Å². The van der Waals surface area contributed by atoms with Gasteiger partial charge in [0.1, 0.15) is 12.7 Å². The Labute approximate surface area is 119 Å². The van der Waals surface area contributed by atoms with Gasteiger partial charge in [0.05, 0.1) is 11.9 Å². The van der Waals surface area contributed by atoms with Crippen molar-refractivity contribution in [1.29, 1.82) is 0 Å². The first-order valence-electron chi connectivity index (χ1n) is 5.96. The zero-order valence-corrected chi connectivity index (χ0v) is 11.9. The maximum absolute atomic E-state index is 11.6. The quantitative estimate of drug-likeness (QED) is 0.653. The minimum absolute atomic E-state index is 0.0104. The Morgan fingerprint density at radius 3 is 2.89 bits per heavy atom. The Morgan fingerprint density at radius 1 is 1.37 bits per heavy atom. The highest BCUT2D eigenvalue weighted by atomic mass is 79.9. The third-order valence-electron chi connectivity index (χ3n) is 2.47. The first-order chi connectivity index (χ1) is 9.29. The van der Waals surface area contributed by atoms with Crippen molar-refractivity contribution in [2.24, 2.45) is 0 Å². The normalized spacial score (nSPS) is 10.4. The Kier molecular flexibility index (Phi) is 5.02. The van der Waals surface area contributed by atoms with Crippen LogP contribution >= 0.6 is 15.9 Å². The summed E-state index contributed by atoms with van der Waals surface area (Å²) >= 11 is 3.34. The number of anilines is 1. The van der Waals surface area contributed by atoms with Gasteiger partial charge in [-0.25, -0.2) is 14.6 Å². The molecule has 2 aromatic heterocycles. The predicted octanol–water partition coefficient (Wildman–Crippen LogP) is 2.17. The number of aromatic nitrogens is 4. The first-order valence-corrected chi connectivity index (χ1v) is 7.08. The zero-order chi connectivity index (χ0) is 13.5. The molecule has 7 heteroatoms. The molecule has 100 valence electrons. The highest BCUT2D eigenvalue weighted by molar-refractivity contribution is 9.09. The van der Waals surface area contributed by atoms with Crippen LogP contribution < -0.4 is 5.32 Å². The summed E-state index contributed by atoms with van der Waals surface area (Å²) < 4.78 is 1.56. The van der Waals surface area contributed by atoms with E-state index < -0.39 is 0 Å².